The van der Waals surface area contributed by atoms with Gasteiger partial charge in [-0.25, -0.2) is 9.59 Å². The number of nitrogens with zero attached hydrogens (tertiary/aromatic N) is 1. The third kappa shape index (κ3) is 6.08. The third-order valence-electron chi connectivity index (χ3n) is 4.04. The molecule has 1 saturated heterocycles. The Morgan fingerprint density at radius 3 is 2.76 bits per heavy atom. The number of likely N-dealkylation sites (tertiary alicyclic amines) is 1. The van der Waals surface area contributed by atoms with E-state index in [2.05, 4.69) is 15.0 Å². The third-order valence-corrected chi connectivity index (χ3v) is 4.04. The van der Waals surface area contributed by atoms with Gasteiger partial charge in [-0.15, -0.1) is 0 Å². The summed E-state index contributed by atoms with van der Waals surface area (Å²) in [7, 11) is 1.33. The van der Waals surface area contributed by atoms with Crippen molar-refractivity contribution in [1.29, 1.82) is 0 Å². The highest BCUT2D eigenvalue weighted by Gasteiger charge is 2.25. The number of piperidine rings is 1. The summed E-state index contributed by atoms with van der Waals surface area (Å²) in [5, 5.41) is 2.85. The summed E-state index contributed by atoms with van der Waals surface area (Å²) >= 11 is 0. The number of carbonyl (C=O) groups is 2. The fraction of sp³-hybridized carbons (Fsp3) is 0.667. The molecular weight excluding hydrogens is 324 g/mol. The number of hydrogen-bond donors (Lipinski definition) is 1. The summed E-state index contributed by atoms with van der Waals surface area (Å²) in [6, 6.07) is 3.63. The van der Waals surface area contributed by atoms with Crippen LogP contribution < -0.4 is 5.32 Å². The number of alkyl carbamates (subject to hydrolysis) is 1. The minimum absolute atomic E-state index is 0.206. The van der Waals surface area contributed by atoms with Gasteiger partial charge in [0.05, 0.1) is 13.7 Å². The topological polar surface area (TPSA) is 81.0 Å². The van der Waals surface area contributed by atoms with E-state index in [-0.39, 0.29) is 11.8 Å². The molecule has 7 heteroatoms. The second kappa shape index (κ2) is 8.38. The van der Waals surface area contributed by atoms with Gasteiger partial charge < -0.3 is 19.2 Å². The molecule has 1 aromatic rings. The molecule has 0 spiro atoms. The highest BCUT2D eigenvalue weighted by molar-refractivity contribution is 5.86. The van der Waals surface area contributed by atoms with Crippen molar-refractivity contribution in [3.63, 3.8) is 0 Å². The minimum atomic E-state index is -0.505. The van der Waals surface area contributed by atoms with E-state index >= 15 is 0 Å². The molecule has 1 N–H and O–H groups in total. The van der Waals surface area contributed by atoms with Gasteiger partial charge in [-0.05, 0) is 52.3 Å². The van der Waals surface area contributed by atoms with Crippen molar-refractivity contribution in [3.05, 3.63) is 23.7 Å². The molecular formula is C18H28N2O5. The number of hydrogen-bond acceptors (Lipinski definition) is 6. The molecule has 1 amide bonds. The monoisotopic (exact) mass is 352 g/mol. The van der Waals surface area contributed by atoms with E-state index in [4.69, 9.17) is 9.15 Å². The molecule has 0 saturated carbocycles. The second-order valence-corrected chi connectivity index (χ2v) is 7.26. The fourth-order valence-electron chi connectivity index (χ4n) is 2.89. The first-order chi connectivity index (χ1) is 11.8. The molecule has 0 radical (unpaired) electrons. The average Bonchev–Trinajstić information content (AvgIpc) is 3.00. The number of carbonyl (C=O) groups excluding carboxylic acids is 2. The molecule has 0 bridgehead atoms. The predicted molar refractivity (Wildman–Crippen MR) is 92.3 cm³/mol. The second-order valence-electron chi connectivity index (χ2n) is 7.26. The van der Waals surface area contributed by atoms with Crippen LogP contribution in [0.2, 0.25) is 0 Å². The van der Waals surface area contributed by atoms with Crippen LogP contribution in [0.25, 0.3) is 0 Å². The number of methoxy groups -OCH3 is 1. The van der Waals surface area contributed by atoms with Crippen LogP contribution in [0.4, 0.5) is 4.79 Å². The van der Waals surface area contributed by atoms with Gasteiger partial charge in [0.1, 0.15) is 11.4 Å². The molecule has 25 heavy (non-hydrogen) atoms. The van der Waals surface area contributed by atoms with Crippen LogP contribution in [0.15, 0.2) is 16.5 Å². The Morgan fingerprint density at radius 2 is 2.08 bits per heavy atom. The zero-order valence-electron chi connectivity index (χ0n) is 15.5. The number of esters is 1. The van der Waals surface area contributed by atoms with E-state index in [1.165, 1.54) is 7.11 Å². The van der Waals surface area contributed by atoms with Crippen molar-refractivity contribution >= 4 is 12.1 Å². The lowest BCUT2D eigenvalue weighted by atomic mass is 10.0. The van der Waals surface area contributed by atoms with E-state index in [1.807, 2.05) is 20.8 Å². The van der Waals surface area contributed by atoms with E-state index in [9.17, 15) is 9.59 Å². The smallest absolute Gasteiger partial charge is 0.407 e. The molecule has 1 aliphatic rings. The molecule has 1 aliphatic heterocycles. The van der Waals surface area contributed by atoms with Crippen LogP contribution in [0.1, 0.15) is 56.3 Å². The maximum atomic E-state index is 11.9. The van der Waals surface area contributed by atoms with E-state index in [0.717, 1.165) is 25.8 Å². The van der Waals surface area contributed by atoms with E-state index < -0.39 is 17.7 Å². The lowest BCUT2D eigenvalue weighted by Crippen LogP contribution is -2.47. The molecule has 2 heterocycles. The van der Waals surface area contributed by atoms with Gasteiger partial charge in [0.2, 0.25) is 5.76 Å². The van der Waals surface area contributed by atoms with E-state index in [1.54, 1.807) is 12.1 Å². The molecule has 0 aliphatic carbocycles. The van der Waals surface area contributed by atoms with E-state index in [0.29, 0.717) is 18.8 Å². The Balaban J connectivity index is 1.90. The first-order valence-electron chi connectivity index (χ1n) is 8.66. The summed E-state index contributed by atoms with van der Waals surface area (Å²) in [4.78, 5) is 25.6. The molecule has 1 aromatic heterocycles. The standard InChI is InChI=1S/C18H28N2O5/c1-18(2,3)25-17(22)19-11-13-7-5-6-10-20(13)12-14-8-9-15(24-14)16(21)23-4/h8-9,13H,5-7,10-12H2,1-4H3,(H,19,22). The molecule has 0 aromatic carbocycles. The summed E-state index contributed by atoms with van der Waals surface area (Å²) in [6.45, 7) is 7.58. The molecule has 2 rings (SSSR count). The van der Waals surface area contributed by atoms with Crippen LogP contribution in [-0.4, -0.2) is 48.8 Å². The largest absolute Gasteiger partial charge is 0.463 e. The number of furan rings is 1. The van der Waals surface area contributed by atoms with Crippen molar-refractivity contribution < 1.29 is 23.5 Å². The van der Waals surface area contributed by atoms with Crippen LogP contribution in [0.5, 0.6) is 0 Å². The summed E-state index contributed by atoms with van der Waals surface area (Å²) < 4.78 is 15.5. The van der Waals surface area contributed by atoms with Crippen LogP contribution in [-0.2, 0) is 16.0 Å². The summed E-state index contributed by atoms with van der Waals surface area (Å²) in [6.07, 6.45) is 2.83. The molecule has 1 fully saturated rings. The highest BCUT2D eigenvalue weighted by Crippen LogP contribution is 2.21. The zero-order valence-corrected chi connectivity index (χ0v) is 15.5. The normalized spacial score (nSPS) is 18.6. The van der Waals surface area contributed by atoms with Gasteiger partial charge in [-0.2, -0.15) is 0 Å². The Morgan fingerprint density at radius 1 is 1.32 bits per heavy atom. The number of amides is 1. The van der Waals surface area contributed by atoms with Crippen molar-refractivity contribution in [2.75, 3.05) is 20.2 Å². The lowest BCUT2D eigenvalue weighted by Gasteiger charge is -2.35. The van der Waals surface area contributed by atoms with Crippen LogP contribution in [0, 0.1) is 0 Å². The molecule has 7 nitrogen and oxygen atoms in total. The number of nitrogens with one attached hydrogen (secondary N) is 1. The van der Waals surface area contributed by atoms with Crippen LogP contribution >= 0.6 is 0 Å². The maximum Gasteiger partial charge on any atom is 0.407 e. The lowest BCUT2D eigenvalue weighted by molar-refractivity contribution is 0.0483. The first-order valence-corrected chi connectivity index (χ1v) is 8.66. The van der Waals surface area contributed by atoms with Crippen molar-refractivity contribution in [1.82, 2.24) is 10.2 Å². The van der Waals surface area contributed by atoms with Gasteiger partial charge in [0.25, 0.3) is 0 Å². The Labute approximate surface area is 148 Å². The fourth-order valence-corrected chi connectivity index (χ4v) is 2.89. The quantitative estimate of drug-likeness (QED) is 0.821. The minimum Gasteiger partial charge on any atom is -0.463 e. The van der Waals surface area contributed by atoms with Gasteiger partial charge >= 0.3 is 12.1 Å². The van der Waals surface area contributed by atoms with Crippen molar-refractivity contribution in [3.8, 4) is 0 Å². The highest BCUT2D eigenvalue weighted by atomic mass is 16.6. The Kier molecular flexibility index (Phi) is 6.47. The SMILES string of the molecule is COC(=O)c1ccc(CN2CCCCC2CNC(=O)OC(C)(C)C)o1. The van der Waals surface area contributed by atoms with Crippen molar-refractivity contribution in [2.24, 2.45) is 0 Å². The summed E-state index contributed by atoms with van der Waals surface area (Å²) in [5.74, 6) is 0.440. The number of ether oxygens (including phenoxy) is 2. The molecule has 1 unspecified atom stereocenters. The Bertz CT molecular complexity index is 591. The molecule has 140 valence electrons. The maximum absolute atomic E-state index is 11.9. The molecule has 1 atom stereocenters. The van der Waals surface area contributed by atoms with Gasteiger partial charge in [-0.3, -0.25) is 4.90 Å². The first kappa shape index (κ1) is 19.3. The van der Waals surface area contributed by atoms with Gasteiger partial charge in [0.15, 0.2) is 0 Å². The van der Waals surface area contributed by atoms with Gasteiger partial charge in [0, 0.05) is 12.6 Å². The van der Waals surface area contributed by atoms with Gasteiger partial charge in [-0.1, -0.05) is 6.42 Å². The van der Waals surface area contributed by atoms with Crippen LogP contribution in [0.3, 0.4) is 0 Å². The average molecular weight is 352 g/mol. The zero-order chi connectivity index (χ0) is 18.4. The Hall–Kier alpha value is -2.02. The predicted octanol–water partition coefficient (Wildman–Crippen LogP) is 2.95. The number of rotatable bonds is 5. The summed E-state index contributed by atoms with van der Waals surface area (Å²) in [5.41, 5.74) is -0.505. The van der Waals surface area contributed by atoms with Crippen molar-refractivity contribution in [2.45, 2.75) is 58.2 Å².